The molecule has 6 nitrogen and oxygen atoms in total. The molecule has 0 aromatic heterocycles. The van der Waals surface area contributed by atoms with Crippen molar-refractivity contribution in [1.29, 1.82) is 5.26 Å². The van der Waals surface area contributed by atoms with E-state index in [9.17, 15) is 22.8 Å². The third-order valence-corrected chi connectivity index (χ3v) is 8.18. The molecule has 0 radical (unpaired) electrons. The summed E-state index contributed by atoms with van der Waals surface area (Å²) >= 11 is 0. The molecule has 1 spiro atoms. The molecular formula is C26H33F3N4O2. The fourth-order valence-corrected chi connectivity index (χ4v) is 6.14. The van der Waals surface area contributed by atoms with Gasteiger partial charge in [-0.15, -0.1) is 0 Å². The van der Waals surface area contributed by atoms with Crippen LogP contribution in [0.4, 0.5) is 18.9 Å². The zero-order chi connectivity index (χ0) is 25.2. The van der Waals surface area contributed by atoms with Gasteiger partial charge in [-0.25, -0.2) is 0 Å². The van der Waals surface area contributed by atoms with Crippen molar-refractivity contribution >= 4 is 17.5 Å². The van der Waals surface area contributed by atoms with Crippen LogP contribution in [0.5, 0.6) is 0 Å². The number of rotatable bonds is 4. The highest BCUT2D eigenvalue weighted by atomic mass is 19.4. The first-order valence-corrected chi connectivity index (χ1v) is 12.5. The van der Waals surface area contributed by atoms with Gasteiger partial charge in [0.15, 0.2) is 0 Å². The van der Waals surface area contributed by atoms with Gasteiger partial charge in [-0.3, -0.25) is 9.59 Å². The Morgan fingerprint density at radius 1 is 1.17 bits per heavy atom. The number of nitrogens with zero attached hydrogens (tertiary/aromatic N) is 3. The third-order valence-electron chi connectivity index (χ3n) is 8.18. The van der Waals surface area contributed by atoms with E-state index in [1.807, 2.05) is 4.90 Å². The number of nitriles is 1. The second-order valence-electron chi connectivity index (χ2n) is 10.4. The molecule has 3 aliphatic rings. The molecule has 9 heteroatoms. The molecule has 1 atom stereocenters. The number of halogens is 3. The summed E-state index contributed by atoms with van der Waals surface area (Å²) < 4.78 is 40.3. The zero-order valence-corrected chi connectivity index (χ0v) is 20.2. The lowest BCUT2D eigenvalue weighted by Gasteiger charge is -2.40. The molecule has 1 aromatic rings. The number of carbonyl (C=O) groups is 2. The molecule has 1 aromatic carbocycles. The molecule has 3 fully saturated rings. The Bertz CT molecular complexity index is 989. The van der Waals surface area contributed by atoms with Gasteiger partial charge in [-0.2, -0.15) is 18.4 Å². The number of benzene rings is 1. The van der Waals surface area contributed by atoms with Gasteiger partial charge in [0.25, 0.3) is 0 Å². The van der Waals surface area contributed by atoms with Crippen LogP contribution in [0, 0.1) is 22.7 Å². The van der Waals surface area contributed by atoms with Crippen LogP contribution in [0.25, 0.3) is 0 Å². The lowest BCUT2D eigenvalue weighted by atomic mass is 9.76. The number of amides is 2. The molecule has 4 rings (SSSR count). The van der Waals surface area contributed by atoms with E-state index in [-0.39, 0.29) is 22.8 Å². The van der Waals surface area contributed by atoms with Gasteiger partial charge in [0.2, 0.25) is 11.8 Å². The second kappa shape index (κ2) is 10.1. The zero-order valence-electron chi connectivity index (χ0n) is 20.2. The Balaban J connectivity index is 1.46. The van der Waals surface area contributed by atoms with Gasteiger partial charge in [0, 0.05) is 38.8 Å². The SMILES string of the molecule is CNC(=O)C1CC2(CCN(c3ccc(C#N)c(C(F)(F)F)c3)CC2)CN1C(=O)CC1CCCCC1. The van der Waals surface area contributed by atoms with Crippen molar-refractivity contribution < 1.29 is 22.8 Å². The minimum absolute atomic E-state index is 0.0479. The Kier molecular flexibility index (Phi) is 7.30. The van der Waals surface area contributed by atoms with E-state index in [1.165, 1.54) is 12.5 Å². The van der Waals surface area contributed by atoms with E-state index < -0.39 is 17.8 Å². The van der Waals surface area contributed by atoms with E-state index in [4.69, 9.17) is 5.26 Å². The van der Waals surface area contributed by atoms with Crippen LogP contribution < -0.4 is 10.2 Å². The van der Waals surface area contributed by atoms with Crippen LogP contribution in [-0.2, 0) is 15.8 Å². The topological polar surface area (TPSA) is 76.4 Å². The van der Waals surface area contributed by atoms with Crippen LogP contribution in [0.1, 0.15) is 68.9 Å². The summed E-state index contributed by atoms with van der Waals surface area (Å²) in [6.07, 6.45) is 3.51. The Labute approximate surface area is 204 Å². The summed E-state index contributed by atoms with van der Waals surface area (Å²) in [5, 5.41) is 11.8. The van der Waals surface area contributed by atoms with E-state index in [0.717, 1.165) is 31.7 Å². The van der Waals surface area contributed by atoms with Gasteiger partial charge in [0.1, 0.15) is 6.04 Å². The predicted molar refractivity (Wildman–Crippen MR) is 125 cm³/mol. The van der Waals surface area contributed by atoms with Crippen molar-refractivity contribution in [3.63, 3.8) is 0 Å². The van der Waals surface area contributed by atoms with E-state index >= 15 is 0 Å². The maximum Gasteiger partial charge on any atom is 0.417 e. The molecule has 0 bridgehead atoms. The van der Waals surface area contributed by atoms with Crippen LogP contribution in [0.15, 0.2) is 18.2 Å². The molecule has 2 saturated heterocycles. The predicted octanol–water partition coefficient (Wildman–Crippen LogP) is 4.48. The highest BCUT2D eigenvalue weighted by Crippen LogP contribution is 2.45. The standard InChI is InChI=1S/C26H33F3N4O2/c1-31-24(35)22-15-25(17-33(22)23(34)13-18-5-3-2-4-6-18)9-11-32(12-10-25)20-8-7-19(16-30)21(14-20)26(27,28)29/h7-8,14,18,22H,2-6,9-13,15,17H2,1H3,(H,31,35). The minimum Gasteiger partial charge on any atom is -0.371 e. The normalized spacial score (nSPS) is 22.8. The van der Waals surface area contributed by atoms with Crippen LogP contribution in [0.2, 0.25) is 0 Å². The smallest absolute Gasteiger partial charge is 0.371 e. The molecule has 2 aliphatic heterocycles. The lowest BCUT2D eigenvalue weighted by Crippen LogP contribution is -2.45. The van der Waals surface area contributed by atoms with Crippen molar-refractivity contribution in [2.24, 2.45) is 11.3 Å². The average molecular weight is 491 g/mol. The number of nitrogens with one attached hydrogen (secondary N) is 1. The van der Waals surface area contributed by atoms with Crippen LogP contribution >= 0.6 is 0 Å². The van der Waals surface area contributed by atoms with E-state index in [0.29, 0.717) is 56.9 Å². The first-order valence-electron chi connectivity index (χ1n) is 12.5. The summed E-state index contributed by atoms with van der Waals surface area (Å²) in [5.41, 5.74) is -1.07. The number of piperidine rings is 1. The molecule has 1 unspecified atom stereocenters. The number of hydrogen-bond acceptors (Lipinski definition) is 4. The first kappa shape index (κ1) is 25.3. The van der Waals surface area contributed by atoms with Crippen molar-refractivity contribution in [3.05, 3.63) is 29.3 Å². The number of alkyl halides is 3. The third kappa shape index (κ3) is 5.41. The molecule has 2 amide bonds. The Morgan fingerprint density at radius 2 is 1.86 bits per heavy atom. The van der Waals surface area contributed by atoms with Crippen LogP contribution in [-0.4, -0.2) is 49.4 Å². The molecule has 190 valence electrons. The molecule has 2 heterocycles. The van der Waals surface area contributed by atoms with Crippen molar-refractivity contribution in [1.82, 2.24) is 10.2 Å². The summed E-state index contributed by atoms with van der Waals surface area (Å²) in [7, 11) is 1.59. The van der Waals surface area contributed by atoms with Gasteiger partial charge in [-0.1, -0.05) is 19.3 Å². The van der Waals surface area contributed by atoms with Crippen molar-refractivity contribution in [2.75, 3.05) is 31.6 Å². The lowest BCUT2D eigenvalue weighted by molar-refractivity contribution is -0.139. The summed E-state index contributed by atoms with van der Waals surface area (Å²) in [6, 6.07) is 4.98. The monoisotopic (exact) mass is 490 g/mol. The molecular weight excluding hydrogens is 457 g/mol. The number of carbonyl (C=O) groups excluding carboxylic acids is 2. The maximum absolute atomic E-state index is 13.4. The Hall–Kier alpha value is -2.76. The minimum atomic E-state index is -4.59. The van der Waals surface area contributed by atoms with Gasteiger partial charge < -0.3 is 15.1 Å². The van der Waals surface area contributed by atoms with Crippen LogP contribution in [0.3, 0.4) is 0 Å². The molecule has 1 N–H and O–H groups in total. The molecule has 35 heavy (non-hydrogen) atoms. The van der Waals surface area contributed by atoms with Gasteiger partial charge >= 0.3 is 6.18 Å². The first-order chi connectivity index (χ1) is 16.7. The summed E-state index contributed by atoms with van der Waals surface area (Å²) in [4.78, 5) is 29.6. The van der Waals surface area contributed by atoms with E-state index in [2.05, 4.69) is 5.32 Å². The fourth-order valence-electron chi connectivity index (χ4n) is 6.14. The van der Waals surface area contributed by atoms with E-state index in [1.54, 1.807) is 24.1 Å². The Morgan fingerprint density at radius 3 is 2.46 bits per heavy atom. The van der Waals surface area contributed by atoms with Crippen molar-refractivity contribution in [3.8, 4) is 6.07 Å². The fraction of sp³-hybridized carbons (Fsp3) is 0.654. The number of anilines is 1. The number of hydrogen-bond donors (Lipinski definition) is 1. The number of likely N-dealkylation sites (N-methyl/N-ethyl adjacent to an activating group) is 1. The largest absolute Gasteiger partial charge is 0.417 e. The van der Waals surface area contributed by atoms with Crippen molar-refractivity contribution in [2.45, 2.75) is 70.0 Å². The highest BCUT2D eigenvalue weighted by molar-refractivity contribution is 5.88. The maximum atomic E-state index is 13.4. The average Bonchev–Trinajstić information content (AvgIpc) is 3.23. The van der Waals surface area contributed by atoms with Gasteiger partial charge in [-0.05, 0) is 61.6 Å². The summed E-state index contributed by atoms with van der Waals surface area (Å²) in [5.74, 6) is 0.286. The molecule has 1 aliphatic carbocycles. The number of likely N-dealkylation sites (tertiary alicyclic amines) is 1. The second-order valence-corrected chi connectivity index (χ2v) is 10.4. The van der Waals surface area contributed by atoms with Gasteiger partial charge in [0.05, 0.1) is 17.2 Å². The molecule has 1 saturated carbocycles. The summed E-state index contributed by atoms with van der Waals surface area (Å²) in [6.45, 7) is 1.59. The highest BCUT2D eigenvalue weighted by Gasteiger charge is 2.49. The quantitative estimate of drug-likeness (QED) is 0.675.